The zero-order valence-corrected chi connectivity index (χ0v) is 15.7. The Morgan fingerprint density at radius 1 is 0.889 bits per heavy atom. The van der Waals surface area contributed by atoms with Gasteiger partial charge in [0.25, 0.3) is 0 Å². The normalized spacial score (nSPS) is 14.0. The van der Waals surface area contributed by atoms with E-state index in [0.29, 0.717) is 6.42 Å². The van der Waals surface area contributed by atoms with Crippen molar-refractivity contribution in [3.8, 4) is 0 Å². The lowest BCUT2D eigenvalue weighted by molar-refractivity contribution is -0.140. The number of carbonyl (C=O) groups is 5. The number of carbonyl (C=O) groups excluding carboxylic acids is 3. The molecular weight excluding hydrogens is 360 g/mol. The molecule has 0 spiro atoms. The number of rotatable bonds is 12. The molecule has 3 amide bonds. The maximum atomic E-state index is 12.2. The van der Waals surface area contributed by atoms with Crippen LogP contribution in [0.4, 0.5) is 0 Å². The highest BCUT2D eigenvalue weighted by Crippen LogP contribution is 2.03. The van der Waals surface area contributed by atoms with Crippen molar-refractivity contribution in [2.24, 2.45) is 11.7 Å². The average molecular weight is 388 g/mol. The number of hydrogen-bond acceptors (Lipinski definition) is 6. The van der Waals surface area contributed by atoms with E-state index in [-0.39, 0.29) is 12.3 Å². The molecule has 0 saturated heterocycles. The third kappa shape index (κ3) is 10.8. The number of carboxylic acid groups (broad SMARTS) is 2. The maximum absolute atomic E-state index is 12.2. The molecule has 154 valence electrons. The van der Waals surface area contributed by atoms with E-state index in [1.165, 1.54) is 6.92 Å². The number of nitrogens with two attached hydrogens (primary N) is 1. The Kier molecular flexibility index (Phi) is 10.7. The standard InChI is InChI=1S/C16H28N4O7/c1-8(2)6-10(17)15(26)19-9(3)14(25)20-11(4-5-12(21)22)16(27)18-7-13(23)24/h8-11H,4-7,17H2,1-3H3,(H,18,27)(H,19,26)(H,20,25)(H,21,22)(H,23,24). The highest BCUT2D eigenvalue weighted by molar-refractivity contribution is 5.93. The fourth-order valence-electron chi connectivity index (χ4n) is 2.12. The van der Waals surface area contributed by atoms with Crippen LogP contribution < -0.4 is 21.7 Å². The fourth-order valence-corrected chi connectivity index (χ4v) is 2.12. The van der Waals surface area contributed by atoms with E-state index in [1.54, 1.807) is 0 Å². The van der Waals surface area contributed by atoms with Crippen LogP contribution in [0.3, 0.4) is 0 Å². The van der Waals surface area contributed by atoms with Gasteiger partial charge in [-0.25, -0.2) is 0 Å². The van der Waals surface area contributed by atoms with Gasteiger partial charge in [0, 0.05) is 6.42 Å². The zero-order valence-electron chi connectivity index (χ0n) is 15.7. The largest absolute Gasteiger partial charge is 0.481 e. The first-order valence-electron chi connectivity index (χ1n) is 8.51. The van der Waals surface area contributed by atoms with E-state index in [0.717, 1.165) is 0 Å². The molecule has 0 fully saturated rings. The van der Waals surface area contributed by atoms with Gasteiger partial charge in [0.05, 0.1) is 6.04 Å². The fraction of sp³-hybridized carbons (Fsp3) is 0.688. The number of nitrogens with one attached hydrogen (secondary N) is 3. The molecule has 0 aliphatic rings. The van der Waals surface area contributed by atoms with Crippen molar-refractivity contribution >= 4 is 29.7 Å². The number of amides is 3. The molecule has 0 radical (unpaired) electrons. The summed E-state index contributed by atoms with van der Waals surface area (Å²) in [6, 6.07) is -3.06. The molecule has 0 bridgehead atoms. The van der Waals surface area contributed by atoms with E-state index in [9.17, 15) is 24.0 Å². The molecule has 27 heavy (non-hydrogen) atoms. The number of hydrogen-bond donors (Lipinski definition) is 6. The Bertz CT molecular complexity index is 565. The Balaban J connectivity index is 4.83. The lowest BCUT2D eigenvalue weighted by atomic mass is 10.0. The van der Waals surface area contributed by atoms with Crippen molar-refractivity contribution in [1.82, 2.24) is 16.0 Å². The molecule has 0 aliphatic heterocycles. The van der Waals surface area contributed by atoms with Crippen LogP contribution in [0, 0.1) is 5.92 Å². The minimum absolute atomic E-state index is 0.188. The first-order valence-corrected chi connectivity index (χ1v) is 8.51. The Morgan fingerprint density at radius 3 is 1.96 bits per heavy atom. The Hall–Kier alpha value is -2.69. The van der Waals surface area contributed by atoms with E-state index in [1.807, 2.05) is 13.8 Å². The van der Waals surface area contributed by atoms with Gasteiger partial charge in [-0.05, 0) is 25.7 Å². The molecule has 11 heteroatoms. The van der Waals surface area contributed by atoms with Gasteiger partial charge in [-0.15, -0.1) is 0 Å². The zero-order chi connectivity index (χ0) is 21.1. The minimum atomic E-state index is -1.29. The third-order valence-electron chi connectivity index (χ3n) is 3.51. The van der Waals surface area contributed by atoms with Gasteiger partial charge in [0.15, 0.2) is 0 Å². The SMILES string of the molecule is CC(C)CC(N)C(=O)NC(C)C(=O)NC(CCC(=O)O)C(=O)NCC(=O)O. The van der Waals surface area contributed by atoms with Gasteiger partial charge < -0.3 is 31.9 Å². The summed E-state index contributed by atoms with van der Waals surface area (Å²) in [4.78, 5) is 57.4. The van der Waals surface area contributed by atoms with Gasteiger partial charge >= 0.3 is 11.9 Å². The average Bonchev–Trinajstić information content (AvgIpc) is 2.54. The predicted octanol–water partition coefficient (Wildman–Crippen LogP) is -1.59. The predicted molar refractivity (Wildman–Crippen MR) is 94.5 cm³/mol. The van der Waals surface area contributed by atoms with Gasteiger partial charge in [0.1, 0.15) is 18.6 Å². The summed E-state index contributed by atoms with van der Waals surface area (Å²) in [6.45, 7) is 4.51. The van der Waals surface area contributed by atoms with Crippen LogP contribution in [0.1, 0.15) is 40.0 Å². The molecule has 0 aromatic rings. The molecule has 3 unspecified atom stereocenters. The molecule has 7 N–H and O–H groups in total. The van der Waals surface area contributed by atoms with Crippen LogP contribution in [0.15, 0.2) is 0 Å². The molecule has 3 atom stereocenters. The smallest absolute Gasteiger partial charge is 0.322 e. The van der Waals surface area contributed by atoms with Gasteiger partial charge in [-0.2, -0.15) is 0 Å². The van der Waals surface area contributed by atoms with Crippen LogP contribution in [0.2, 0.25) is 0 Å². The van der Waals surface area contributed by atoms with Crippen LogP contribution in [0.25, 0.3) is 0 Å². The summed E-state index contributed by atoms with van der Waals surface area (Å²) in [5.41, 5.74) is 5.74. The first-order chi connectivity index (χ1) is 12.4. The molecule has 0 saturated carbocycles. The molecule has 0 heterocycles. The Morgan fingerprint density at radius 2 is 1.48 bits per heavy atom. The molecule has 0 aromatic carbocycles. The highest BCUT2D eigenvalue weighted by atomic mass is 16.4. The van der Waals surface area contributed by atoms with Crippen LogP contribution >= 0.6 is 0 Å². The number of aliphatic carboxylic acids is 2. The van der Waals surface area contributed by atoms with Crippen molar-refractivity contribution in [3.63, 3.8) is 0 Å². The van der Waals surface area contributed by atoms with Gasteiger partial charge in [0.2, 0.25) is 17.7 Å². The van der Waals surface area contributed by atoms with Gasteiger partial charge in [-0.3, -0.25) is 24.0 Å². The summed E-state index contributed by atoms with van der Waals surface area (Å²) >= 11 is 0. The highest BCUT2D eigenvalue weighted by Gasteiger charge is 2.26. The first kappa shape index (κ1) is 24.3. The second kappa shape index (κ2) is 11.8. The van der Waals surface area contributed by atoms with Crippen molar-refractivity contribution in [2.75, 3.05) is 6.54 Å². The summed E-state index contributed by atoms with van der Waals surface area (Å²) in [5.74, 6) is -4.35. The summed E-state index contributed by atoms with van der Waals surface area (Å²) in [5, 5.41) is 24.2. The van der Waals surface area contributed by atoms with Crippen LogP contribution in [-0.4, -0.2) is 64.5 Å². The van der Waals surface area contributed by atoms with Crippen LogP contribution in [-0.2, 0) is 24.0 Å². The minimum Gasteiger partial charge on any atom is -0.481 e. The molecular formula is C16H28N4O7. The Labute approximate surface area is 157 Å². The lowest BCUT2D eigenvalue weighted by Crippen LogP contribution is -2.55. The van der Waals surface area contributed by atoms with Crippen molar-refractivity contribution in [2.45, 2.75) is 58.2 Å². The lowest BCUT2D eigenvalue weighted by Gasteiger charge is -2.22. The van der Waals surface area contributed by atoms with E-state index < -0.39 is 60.8 Å². The van der Waals surface area contributed by atoms with Crippen molar-refractivity contribution in [1.29, 1.82) is 0 Å². The molecule has 11 nitrogen and oxygen atoms in total. The monoisotopic (exact) mass is 388 g/mol. The summed E-state index contributed by atoms with van der Waals surface area (Å²) in [7, 11) is 0. The number of carboxylic acids is 2. The van der Waals surface area contributed by atoms with Crippen molar-refractivity contribution in [3.05, 3.63) is 0 Å². The van der Waals surface area contributed by atoms with Crippen molar-refractivity contribution < 1.29 is 34.2 Å². The second-order valence-corrected chi connectivity index (χ2v) is 6.57. The molecule has 0 aromatic heterocycles. The molecule has 0 rings (SSSR count). The summed E-state index contributed by atoms with van der Waals surface area (Å²) < 4.78 is 0. The quantitative estimate of drug-likeness (QED) is 0.231. The van der Waals surface area contributed by atoms with E-state index >= 15 is 0 Å². The third-order valence-corrected chi connectivity index (χ3v) is 3.51. The van der Waals surface area contributed by atoms with E-state index in [4.69, 9.17) is 15.9 Å². The van der Waals surface area contributed by atoms with Gasteiger partial charge in [-0.1, -0.05) is 13.8 Å². The van der Waals surface area contributed by atoms with E-state index in [2.05, 4.69) is 16.0 Å². The topological polar surface area (TPSA) is 188 Å². The molecule has 0 aliphatic carbocycles. The maximum Gasteiger partial charge on any atom is 0.322 e. The second-order valence-electron chi connectivity index (χ2n) is 6.57. The summed E-state index contributed by atoms with van der Waals surface area (Å²) in [6.07, 6.45) is -0.218. The van der Waals surface area contributed by atoms with Crippen LogP contribution in [0.5, 0.6) is 0 Å².